The Balaban J connectivity index is 1.52. The summed E-state index contributed by atoms with van der Waals surface area (Å²) in [6, 6.07) is 0. The summed E-state index contributed by atoms with van der Waals surface area (Å²) in [5.74, 6) is 2.12. The van der Waals surface area contributed by atoms with Crippen LogP contribution < -0.4 is 0 Å². The molecule has 0 aromatic carbocycles. The van der Waals surface area contributed by atoms with E-state index in [-0.39, 0.29) is 17.4 Å². The second kappa shape index (κ2) is 7.98. The van der Waals surface area contributed by atoms with E-state index < -0.39 is 21.7 Å². The van der Waals surface area contributed by atoms with Crippen LogP contribution in [0.15, 0.2) is 0 Å². The van der Waals surface area contributed by atoms with Gasteiger partial charge < -0.3 is 4.43 Å². The largest absolute Gasteiger partial charge is 0.523 e. The lowest BCUT2D eigenvalue weighted by atomic mass is 9.44. The van der Waals surface area contributed by atoms with Gasteiger partial charge in [-0.2, -0.15) is 21.6 Å². The molecule has 0 spiro atoms. The first kappa shape index (κ1) is 24.0. The Morgan fingerprint density at radius 3 is 2.26 bits per heavy atom. The van der Waals surface area contributed by atoms with E-state index in [1.165, 1.54) is 13.3 Å². The van der Waals surface area contributed by atoms with E-state index in [1.54, 1.807) is 0 Å². The Morgan fingerprint density at radius 2 is 1.61 bits per heavy atom. The Labute approximate surface area is 187 Å². The van der Waals surface area contributed by atoms with Crippen LogP contribution in [0.3, 0.4) is 0 Å². The quantitative estimate of drug-likeness (QED) is 0.309. The van der Waals surface area contributed by atoms with Crippen molar-refractivity contribution in [3.8, 4) is 0 Å². The zero-order valence-corrected chi connectivity index (χ0v) is 20.4. The number of hydrogen-bond acceptors (Lipinski definition) is 4. The number of fused-ring (bicyclic) bond motifs is 5. The fourth-order valence-corrected chi connectivity index (χ4v) is 9.32. The van der Waals surface area contributed by atoms with E-state index in [2.05, 4.69) is 24.3 Å². The highest BCUT2D eigenvalue weighted by atomic mass is 32.2. The van der Waals surface area contributed by atoms with Gasteiger partial charge in [-0.15, -0.1) is 0 Å². The van der Waals surface area contributed by atoms with Crippen LogP contribution in [0.2, 0.25) is 0 Å². The van der Waals surface area contributed by atoms with Crippen molar-refractivity contribution in [2.75, 3.05) is 0 Å². The molecule has 4 fully saturated rings. The van der Waals surface area contributed by atoms with Gasteiger partial charge in [-0.25, -0.2) is 0 Å². The lowest BCUT2D eigenvalue weighted by Crippen LogP contribution is -2.54. The highest BCUT2D eigenvalue weighted by Gasteiger charge is 2.61. The van der Waals surface area contributed by atoms with Gasteiger partial charge in [0.15, 0.2) is 0 Å². The standard InChI is InChI=1S/C22H34F3O4SSi/c1-13(28-30(26,27)22(23,24)25)17-6-7-18-16-5-4-14-12-15(29-31)8-10-20(14,2)19(16)9-11-21(17,18)3/h13-19H,4-12H2,1-3H3/t13?,14?,15?,16-,17+,18-,19-,20-,21+/m0/s1. The zero-order chi connectivity index (χ0) is 22.8. The first-order chi connectivity index (χ1) is 14.3. The highest BCUT2D eigenvalue weighted by molar-refractivity contribution is 7.87. The van der Waals surface area contributed by atoms with Crippen molar-refractivity contribution in [1.29, 1.82) is 0 Å². The molecule has 0 aromatic rings. The van der Waals surface area contributed by atoms with Gasteiger partial charge in [-0.1, -0.05) is 13.8 Å². The van der Waals surface area contributed by atoms with Crippen LogP contribution in [0.1, 0.15) is 78.6 Å². The minimum absolute atomic E-state index is 0.166. The molecule has 9 heteroatoms. The Morgan fingerprint density at radius 1 is 0.968 bits per heavy atom. The van der Waals surface area contributed by atoms with E-state index in [0.29, 0.717) is 29.1 Å². The summed E-state index contributed by atoms with van der Waals surface area (Å²) >= 11 is 0. The molecule has 4 saturated carbocycles. The molecule has 4 rings (SSSR count). The molecule has 31 heavy (non-hydrogen) atoms. The molecular weight excluding hydrogens is 445 g/mol. The molecular formula is C22H34F3O4SSi. The fourth-order valence-electron chi connectivity index (χ4n) is 8.46. The van der Waals surface area contributed by atoms with Crippen LogP contribution in [-0.2, 0) is 18.7 Å². The minimum atomic E-state index is -5.57. The van der Waals surface area contributed by atoms with Crippen molar-refractivity contribution in [3.05, 3.63) is 0 Å². The third-order valence-corrected chi connectivity index (χ3v) is 11.4. The van der Waals surface area contributed by atoms with Crippen molar-refractivity contribution >= 4 is 20.6 Å². The lowest BCUT2D eigenvalue weighted by Gasteiger charge is -2.61. The molecule has 0 aliphatic heterocycles. The second-order valence-corrected chi connectivity index (χ2v) is 12.9. The van der Waals surface area contributed by atoms with Crippen LogP contribution >= 0.6 is 0 Å². The molecule has 0 N–H and O–H groups in total. The van der Waals surface area contributed by atoms with Crippen LogP contribution in [0.4, 0.5) is 13.2 Å². The van der Waals surface area contributed by atoms with Crippen LogP contribution in [0, 0.1) is 40.4 Å². The van der Waals surface area contributed by atoms with Gasteiger partial charge >= 0.3 is 15.6 Å². The molecule has 9 atom stereocenters. The first-order valence-corrected chi connectivity index (χ1v) is 13.5. The normalized spacial score (nSPS) is 46.7. The monoisotopic (exact) mass is 479 g/mol. The molecule has 3 unspecified atom stereocenters. The summed E-state index contributed by atoms with van der Waals surface area (Å²) in [5.41, 5.74) is -5.24. The Hall–Kier alpha value is -0.123. The van der Waals surface area contributed by atoms with Crippen molar-refractivity contribution in [1.82, 2.24) is 0 Å². The van der Waals surface area contributed by atoms with Crippen molar-refractivity contribution < 1.29 is 30.2 Å². The van der Waals surface area contributed by atoms with Crippen LogP contribution in [0.5, 0.6) is 0 Å². The first-order valence-electron chi connectivity index (χ1n) is 11.7. The maximum absolute atomic E-state index is 12.9. The molecule has 0 amide bonds. The summed E-state index contributed by atoms with van der Waals surface area (Å²) in [5, 5.41) is 0. The summed E-state index contributed by atoms with van der Waals surface area (Å²) in [6.07, 6.45) is 8.65. The van der Waals surface area contributed by atoms with Gasteiger partial charge in [0, 0.05) is 6.10 Å². The zero-order valence-electron chi connectivity index (χ0n) is 18.6. The van der Waals surface area contributed by atoms with Gasteiger partial charge in [0.05, 0.1) is 6.10 Å². The number of alkyl halides is 3. The summed E-state index contributed by atoms with van der Waals surface area (Å²) in [6.45, 7) is 6.14. The van der Waals surface area contributed by atoms with E-state index in [0.717, 1.165) is 51.4 Å². The van der Waals surface area contributed by atoms with Gasteiger partial charge in [0.1, 0.15) is 0 Å². The topological polar surface area (TPSA) is 52.6 Å². The fraction of sp³-hybridized carbons (Fsp3) is 1.00. The maximum Gasteiger partial charge on any atom is 0.523 e. The lowest BCUT2D eigenvalue weighted by molar-refractivity contribution is -0.129. The summed E-state index contributed by atoms with van der Waals surface area (Å²) < 4.78 is 71.9. The molecule has 177 valence electrons. The third-order valence-electron chi connectivity index (χ3n) is 9.99. The van der Waals surface area contributed by atoms with E-state index in [9.17, 15) is 21.6 Å². The van der Waals surface area contributed by atoms with Crippen LogP contribution in [-0.4, -0.2) is 36.6 Å². The molecule has 4 nitrogen and oxygen atoms in total. The molecule has 4 aliphatic carbocycles. The number of halogens is 3. The van der Waals surface area contributed by atoms with Crippen molar-refractivity contribution in [2.24, 2.45) is 40.4 Å². The predicted octanol–water partition coefficient (Wildman–Crippen LogP) is 5.37. The molecule has 0 aromatic heterocycles. The third kappa shape index (κ3) is 3.83. The number of rotatable bonds is 4. The minimum Gasteiger partial charge on any atom is -0.416 e. The summed E-state index contributed by atoms with van der Waals surface area (Å²) in [4.78, 5) is 0. The molecule has 0 heterocycles. The molecule has 0 saturated heterocycles. The Bertz CT molecular complexity index is 790. The average Bonchev–Trinajstić information content (AvgIpc) is 3.03. The van der Waals surface area contributed by atoms with E-state index in [1.807, 2.05) is 0 Å². The second-order valence-electron chi connectivity index (χ2n) is 11.1. The van der Waals surface area contributed by atoms with Gasteiger partial charge in [-0.05, 0) is 105 Å². The van der Waals surface area contributed by atoms with Gasteiger partial charge in [0.2, 0.25) is 10.5 Å². The van der Waals surface area contributed by atoms with E-state index >= 15 is 0 Å². The molecule has 3 radical (unpaired) electrons. The highest BCUT2D eigenvalue weighted by Crippen LogP contribution is 2.68. The maximum atomic E-state index is 12.9. The van der Waals surface area contributed by atoms with Gasteiger partial charge in [0.25, 0.3) is 0 Å². The molecule has 0 bridgehead atoms. The summed E-state index contributed by atoms with van der Waals surface area (Å²) in [7, 11) is -2.33. The predicted molar refractivity (Wildman–Crippen MR) is 111 cm³/mol. The number of hydrogen-bond donors (Lipinski definition) is 0. The van der Waals surface area contributed by atoms with Crippen molar-refractivity contribution in [3.63, 3.8) is 0 Å². The van der Waals surface area contributed by atoms with Crippen molar-refractivity contribution in [2.45, 2.75) is 96.3 Å². The average molecular weight is 480 g/mol. The van der Waals surface area contributed by atoms with Gasteiger partial charge in [-0.3, -0.25) is 4.18 Å². The Kier molecular flexibility index (Phi) is 6.18. The van der Waals surface area contributed by atoms with E-state index in [4.69, 9.17) is 8.61 Å². The SMILES string of the molecule is CC(OS(=O)(=O)C(F)(F)F)[C@H]1CC[C@H]2[C@@H]3CCC4CC(O[Si])CC[C@]4(C)[C@H]3CC[C@]12C. The smallest absolute Gasteiger partial charge is 0.416 e. The van der Waals surface area contributed by atoms with Crippen LogP contribution in [0.25, 0.3) is 0 Å². The molecule has 4 aliphatic rings.